The van der Waals surface area contributed by atoms with Crippen LogP contribution >= 0.6 is 0 Å². The van der Waals surface area contributed by atoms with Crippen molar-refractivity contribution in [2.24, 2.45) is 5.92 Å². The van der Waals surface area contributed by atoms with E-state index >= 15 is 0 Å². The van der Waals surface area contributed by atoms with Gasteiger partial charge < -0.3 is 23.8 Å². The number of nitrogens with zero attached hydrogens (tertiary/aromatic N) is 4. The zero-order valence-corrected chi connectivity index (χ0v) is 22.4. The van der Waals surface area contributed by atoms with Gasteiger partial charge in [0, 0.05) is 50.0 Å². The molecule has 0 spiro atoms. The SMILES string of the molecule is CC(C)(C)OC(=O)N1CCC(C(=O)N2CCC(n3cc(B4OC(C)(C)C(C)(C)O4)cn3)CC2)CC1. The third kappa shape index (κ3) is 5.69. The lowest BCUT2D eigenvalue weighted by molar-refractivity contribution is -0.138. The first-order valence-corrected chi connectivity index (χ1v) is 12.9. The summed E-state index contributed by atoms with van der Waals surface area (Å²) in [5, 5.41) is 4.59. The number of likely N-dealkylation sites (tertiary alicyclic amines) is 2. The molecule has 0 aliphatic carbocycles. The molecule has 4 heterocycles. The van der Waals surface area contributed by atoms with Crippen molar-refractivity contribution in [2.45, 2.75) is 97.0 Å². The summed E-state index contributed by atoms with van der Waals surface area (Å²) in [6.45, 7) is 16.4. The monoisotopic (exact) mass is 488 g/mol. The molecule has 0 aromatic carbocycles. The Morgan fingerprint density at radius 3 is 2.06 bits per heavy atom. The number of aromatic nitrogens is 2. The lowest BCUT2D eigenvalue weighted by Gasteiger charge is -2.37. The van der Waals surface area contributed by atoms with Gasteiger partial charge >= 0.3 is 13.2 Å². The van der Waals surface area contributed by atoms with Crippen LogP contribution in [0.3, 0.4) is 0 Å². The Hall–Kier alpha value is -2.07. The molecule has 3 aliphatic heterocycles. The molecule has 194 valence electrons. The van der Waals surface area contributed by atoms with Gasteiger partial charge in [0.1, 0.15) is 5.60 Å². The molecular formula is C25H41BN4O5. The normalized spacial score (nSPS) is 23.6. The van der Waals surface area contributed by atoms with Gasteiger partial charge in [0.05, 0.1) is 17.2 Å². The van der Waals surface area contributed by atoms with Crippen LogP contribution in [0.1, 0.15) is 80.2 Å². The van der Waals surface area contributed by atoms with Crippen molar-refractivity contribution in [1.29, 1.82) is 0 Å². The smallest absolute Gasteiger partial charge is 0.444 e. The van der Waals surface area contributed by atoms with Crippen molar-refractivity contribution in [3.8, 4) is 0 Å². The Bertz CT molecular complexity index is 909. The summed E-state index contributed by atoms with van der Waals surface area (Å²) in [4.78, 5) is 29.1. The fourth-order valence-corrected chi connectivity index (χ4v) is 4.90. The van der Waals surface area contributed by atoms with Gasteiger partial charge in [0.25, 0.3) is 0 Å². The van der Waals surface area contributed by atoms with Crippen LogP contribution in [0.15, 0.2) is 12.4 Å². The molecule has 2 amide bonds. The van der Waals surface area contributed by atoms with Crippen molar-refractivity contribution in [3.63, 3.8) is 0 Å². The van der Waals surface area contributed by atoms with Gasteiger partial charge in [-0.1, -0.05) is 0 Å². The maximum Gasteiger partial charge on any atom is 0.498 e. The minimum atomic E-state index is -0.506. The summed E-state index contributed by atoms with van der Waals surface area (Å²) in [5.74, 6) is 0.190. The maximum atomic E-state index is 13.1. The quantitative estimate of drug-likeness (QED) is 0.609. The van der Waals surface area contributed by atoms with E-state index in [2.05, 4.69) is 5.10 Å². The molecule has 1 aromatic rings. The molecule has 0 bridgehead atoms. The van der Waals surface area contributed by atoms with Crippen molar-refractivity contribution in [3.05, 3.63) is 12.4 Å². The fraction of sp³-hybridized carbons (Fsp3) is 0.800. The predicted octanol–water partition coefficient (Wildman–Crippen LogP) is 2.99. The number of amides is 2. The van der Waals surface area contributed by atoms with E-state index in [9.17, 15) is 9.59 Å². The van der Waals surface area contributed by atoms with Crippen LogP contribution in [0.5, 0.6) is 0 Å². The van der Waals surface area contributed by atoms with Gasteiger partial charge in [-0.05, 0) is 74.1 Å². The molecule has 3 aliphatic rings. The summed E-state index contributed by atoms with van der Waals surface area (Å²) in [7, 11) is -0.415. The van der Waals surface area contributed by atoms with Gasteiger partial charge in [-0.2, -0.15) is 5.10 Å². The Morgan fingerprint density at radius 2 is 1.51 bits per heavy atom. The van der Waals surface area contributed by atoms with E-state index in [0.29, 0.717) is 25.9 Å². The first kappa shape index (κ1) is 26.0. The average molecular weight is 488 g/mol. The molecule has 0 saturated carbocycles. The highest BCUT2D eigenvalue weighted by Crippen LogP contribution is 2.36. The highest BCUT2D eigenvalue weighted by Gasteiger charge is 2.52. The van der Waals surface area contributed by atoms with Crippen molar-refractivity contribution < 1.29 is 23.6 Å². The van der Waals surface area contributed by atoms with E-state index in [0.717, 1.165) is 31.4 Å². The standard InChI is InChI=1S/C25H41BN4O5/c1-23(2,3)33-22(32)29-12-8-18(9-13-29)21(31)28-14-10-20(11-15-28)30-17-19(16-27-30)26-34-24(4,5)25(6,7)35-26/h16-18,20H,8-15H2,1-7H3. The first-order chi connectivity index (χ1) is 16.3. The van der Waals surface area contributed by atoms with Crippen LogP contribution in [0, 0.1) is 5.92 Å². The number of carbonyl (C=O) groups excluding carboxylic acids is 2. The van der Waals surface area contributed by atoms with E-state index in [1.165, 1.54) is 0 Å². The third-order valence-electron chi connectivity index (χ3n) is 7.79. The van der Waals surface area contributed by atoms with Gasteiger partial charge in [-0.3, -0.25) is 9.48 Å². The Labute approximate surface area is 209 Å². The van der Waals surface area contributed by atoms with Crippen LogP contribution < -0.4 is 5.46 Å². The van der Waals surface area contributed by atoms with Crippen molar-refractivity contribution in [1.82, 2.24) is 19.6 Å². The van der Waals surface area contributed by atoms with E-state index in [-0.39, 0.29) is 35.2 Å². The first-order valence-electron chi connectivity index (χ1n) is 12.9. The second-order valence-corrected chi connectivity index (χ2v) is 12.1. The molecule has 0 unspecified atom stereocenters. The second-order valence-electron chi connectivity index (χ2n) is 12.1. The minimum absolute atomic E-state index is 0.0232. The van der Waals surface area contributed by atoms with Crippen LogP contribution in [-0.2, 0) is 18.8 Å². The molecule has 4 rings (SSSR count). The zero-order valence-electron chi connectivity index (χ0n) is 22.4. The number of ether oxygens (including phenoxy) is 1. The molecule has 35 heavy (non-hydrogen) atoms. The summed E-state index contributed by atoms with van der Waals surface area (Å²) in [5.41, 5.74) is -0.338. The molecule has 1 aromatic heterocycles. The predicted molar refractivity (Wildman–Crippen MR) is 133 cm³/mol. The average Bonchev–Trinajstić information content (AvgIpc) is 3.35. The summed E-state index contributed by atoms with van der Waals surface area (Å²) in [6, 6.07) is 0.254. The topological polar surface area (TPSA) is 86.1 Å². The maximum absolute atomic E-state index is 13.1. The minimum Gasteiger partial charge on any atom is -0.444 e. The molecule has 0 radical (unpaired) electrons. The molecule has 3 fully saturated rings. The lowest BCUT2D eigenvalue weighted by atomic mass is 9.82. The van der Waals surface area contributed by atoms with E-state index in [1.54, 1.807) is 4.90 Å². The number of carbonyl (C=O) groups is 2. The summed E-state index contributed by atoms with van der Waals surface area (Å²) >= 11 is 0. The highest BCUT2D eigenvalue weighted by molar-refractivity contribution is 6.62. The molecule has 0 N–H and O–H groups in total. The summed E-state index contributed by atoms with van der Waals surface area (Å²) in [6.07, 6.45) is 6.68. The van der Waals surface area contributed by atoms with Crippen LogP contribution in [0.25, 0.3) is 0 Å². The molecule has 0 atom stereocenters. The highest BCUT2D eigenvalue weighted by atomic mass is 16.7. The van der Waals surface area contributed by atoms with Crippen LogP contribution in [-0.4, -0.2) is 81.7 Å². The van der Waals surface area contributed by atoms with Gasteiger partial charge in [-0.25, -0.2) is 4.79 Å². The van der Waals surface area contributed by atoms with Crippen LogP contribution in [0.2, 0.25) is 0 Å². The molecule has 10 heteroatoms. The number of hydrogen-bond donors (Lipinski definition) is 0. The molecular weight excluding hydrogens is 447 g/mol. The van der Waals surface area contributed by atoms with Gasteiger partial charge in [0.15, 0.2) is 0 Å². The fourth-order valence-electron chi connectivity index (χ4n) is 4.90. The van der Waals surface area contributed by atoms with E-state index in [1.807, 2.05) is 70.4 Å². The van der Waals surface area contributed by atoms with Crippen molar-refractivity contribution in [2.75, 3.05) is 26.2 Å². The van der Waals surface area contributed by atoms with Crippen molar-refractivity contribution >= 4 is 24.6 Å². The molecule has 3 saturated heterocycles. The number of piperidine rings is 2. The number of hydrogen-bond acceptors (Lipinski definition) is 6. The van der Waals surface area contributed by atoms with E-state index < -0.39 is 12.7 Å². The number of rotatable bonds is 3. The molecule has 9 nitrogen and oxygen atoms in total. The lowest BCUT2D eigenvalue weighted by Crippen LogP contribution is -2.47. The second kappa shape index (κ2) is 9.43. The summed E-state index contributed by atoms with van der Waals surface area (Å²) < 4.78 is 19.8. The Morgan fingerprint density at radius 1 is 0.971 bits per heavy atom. The zero-order chi connectivity index (χ0) is 25.6. The van der Waals surface area contributed by atoms with E-state index in [4.69, 9.17) is 14.0 Å². The largest absolute Gasteiger partial charge is 0.498 e. The Balaban J connectivity index is 1.25. The third-order valence-corrected chi connectivity index (χ3v) is 7.79. The Kier molecular flexibility index (Phi) is 7.01. The van der Waals surface area contributed by atoms with Gasteiger partial charge in [0.2, 0.25) is 5.91 Å². The van der Waals surface area contributed by atoms with Crippen LogP contribution in [0.4, 0.5) is 4.79 Å². The van der Waals surface area contributed by atoms with Gasteiger partial charge in [-0.15, -0.1) is 0 Å².